The van der Waals surface area contributed by atoms with E-state index in [-0.39, 0.29) is 5.91 Å². The highest BCUT2D eigenvalue weighted by Crippen LogP contribution is 2.25. The molecule has 0 unspecified atom stereocenters. The van der Waals surface area contributed by atoms with Gasteiger partial charge in [-0.1, -0.05) is 22.9 Å². The van der Waals surface area contributed by atoms with Crippen LogP contribution < -0.4 is 10.1 Å². The Kier molecular flexibility index (Phi) is 3.78. The van der Waals surface area contributed by atoms with Crippen molar-refractivity contribution in [3.05, 3.63) is 33.8 Å². The summed E-state index contributed by atoms with van der Waals surface area (Å²) in [7, 11) is 1.52. The van der Waals surface area contributed by atoms with Gasteiger partial charge in [-0.15, -0.1) is 10.2 Å². The number of amides is 1. The number of methoxy groups -OCH3 is 1. The molecule has 0 fully saturated rings. The maximum absolute atomic E-state index is 11.9. The van der Waals surface area contributed by atoms with Crippen LogP contribution in [0, 0.1) is 6.92 Å². The van der Waals surface area contributed by atoms with Crippen molar-refractivity contribution in [2.75, 3.05) is 12.4 Å². The first-order chi connectivity index (χ1) is 8.60. The van der Waals surface area contributed by atoms with E-state index in [0.29, 0.717) is 21.5 Å². The number of halogens is 1. The van der Waals surface area contributed by atoms with Crippen LogP contribution in [0.4, 0.5) is 5.13 Å². The fourth-order valence-corrected chi connectivity index (χ4v) is 2.17. The number of anilines is 1. The lowest BCUT2D eigenvalue weighted by Crippen LogP contribution is -2.11. The fraction of sp³-hybridized carbons (Fsp3) is 0.182. The predicted octanol–water partition coefficient (Wildman–Crippen LogP) is 2.76. The monoisotopic (exact) mass is 283 g/mol. The summed E-state index contributed by atoms with van der Waals surface area (Å²) in [5, 5.41) is 11.9. The van der Waals surface area contributed by atoms with Gasteiger partial charge in [0.15, 0.2) is 0 Å². The van der Waals surface area contributed by atoms with Crippen molar-refractivity contribution in [1.29, 1.82) is 0 Å². The summed E-state index contributed by atoms with van der Waals surface area (Å²) in [6.45, 7) is 1.82. The third-order valence-electron chi connectivity index (χ3n) is 2.16. The molecule has 0 aliphatic rings. The number of aryl methyl sites for hydroxylation is 1. The maximum atomic E-state index is 11.9. The molecule has 0 atom stereocenters. The van der Waals surface area contributed by atoms with Gasteiger partial charge in [-0.05, 0) is 25.1 Å². The molecule has 1 amide bonds. The second-order valence-electron chi connectivity index (χ2n) is 3.43. The molecule has 1 aromatic heterocycles. The van der Waals surface area contributed by atoms with E-state index in [0.717, 1.165) is 5.01 Å². The van der Waals surface area contributed by atoms with Crippen molar-refractivity contribution in [3.63, 3.8) is 0 Å². The Morgan fingerprint density at radius 3 is 2.78 bits per heavy atom. The number of aromatic nitrogens is 2. The third kappa shape index (κ3) is 2.77. The molecule has 0 saturated carbocycles. The predicted molar refractivity (Wildman–Crippen MR) is 70.6 cm³/mol. The van der Waals surface area contributed by atoms with Crippen LogP contribution >= 0.6 is 22.9 Å². The summed E-state index contributed by atoms with van der Waals surface area (Å²) in [5.74, 6) is 0.246. The SMILES string of the molecule is COc1ccc(C(=O)Nc2nnc(C)s2)cc1Cl. The number of carbonyl (C=O) groups is 1. The van der Waals surface area contributed by atoms with Crippen molar-refractivity contribution in [3.8, 4) is 5.75 Å². The largest absolute Gasteiger partial charge is 0.495 e. The lowest BCUT2D eigenvalue weighted by atomic mass is 10.2. The Balaban J connectivity index is 2.16. The van der Waals surface area contributed by atoms with Crippen LogP contribution in [0.3, 0.4) is 0 Å². The minimum absolute atomic E-state index is 0.282. The lowest BCUT2D eigenvalue weighted by Gasteiger charge is -2.05. The zero-order valence-corrected chi connectivity index (χ0v) is 11.3. The Labute approximate surface area is 113 Å². The topological polar surface area (TPSA) is 64.1 Å². The molecule has 0 saturated heterocycles. The normalized spacial score (nSPS) is 10.2. The minimum atomic E-state index is -0.282. The first-order valence-electron chi connectivity index (χ1n) is 5.05. The standard InChI is InChI=1S/C11H10ClN3O2S/c1-6-14-15-11(18-6)13-10(16)7-3-4-9(17-2)8(12)5-7/h3-5H,1-2H3,(H,13,15,16). The van der Waals surface area contributed by atoms with Crippen molar-refractivity contribution in [2.45, 2.75) is 6.92 Å². The molecule has 18 heavy (non-hydrogen) atoms. The molecule has 1 heterocycles. The summed E-state index contributed by atoms with van der Waals surface area (Å²) in [6, 6.07) is 4.82. The Morgan fingerprint density at radius 2 is 2.22 bits per heavy atom. The zero-order chi connectivity index (χ0) is 13.1. The van der Waals surface area contributed by atoms with E-state index < -0.39 is 0 Å². The highest BCUT2D eigenvalue weighted by Gasteiger charge is 2.11. The first kappa shape index (κ1) is 12.8. The smallest absolute Gasteiger partial charge is 0.257 e. The molecule has 7 heteroatoms. The Hall–Kier alpha value is -1.66. The van der Waals surface area contributed by atoms with Crippen molar-refractivity contribution < 1.29 is 9.53 Å². The van der Waals surface area contributed by atoms with Crippen LogP contribution in [0.25, 0.3) is 0 Å². The van der Waals surface area contributed by atoms with Gasteiger partial charge < -0.3 is 4.74 Å². The fourth-order valence-electron chi connectivity index (χ4n) is 1.32. The van der Waals surface area contributed by atoms with Gasteiger partial charge in [-0.2, -0.15) is 0 Å². The molecule has 94 valence electrons. The molecule has 5 nitrogen and oxygen atoms in total. The third-order valence-corrected chi connectivity index (χ3v) is 3.21. The molecular formula is C11H10ClN3O2S. The van der Waals surface area contributed by atoms with Crippen molar-refractivity contribution in [1.82, 2.24) is 10.2 Å². The summed E-state index contributed by atoms with van der Waals surface area (Å²) in [4.78, 5) is 11.9. The summed E-state index contributed by atoms with van der Waals surface area (Å²) in [6.07, 6.45) is 0. The zero-order valence-electron chi connectivity index (χ0n) is 9.73. The quantitative estimate of drug-likeness (QED) is 0.941. The van der Waals surface area contributed by atoms with Crippen LogP contribution in [-0.4, -0.2) is 23.2 Å². The molecule has 1 aromatic carbocycles. The number of hydrogen-bond acceptors (Lipinski definition) is 5. The average Bonchev–Trinajstić information content (AvgIpc) is 2.74. The van der Waals surface area contributed by atoms with Gasteiger partial charge in [0.05, 0.1) is 12.1 Å². The van der Waals surface area contributed by atoms with Gasteiger partial charge in [0, 0.05) is 5.56 Å². The van der Waals surface area contributed by atoms with E-state index in [1.165, 1.54) is 18.4 Å². The average molecular weight is 284 g/mol. The minimum Gasteiger partial charge on any atom is -0.495 e. The highest BCUT2D eigenvalue weighted by molar-refractivity contribution is 7.15. The molecule has 0 aliphatic heterocycles. The Morgan fingerprint density at radius 1 is 1.44 bits per heavy atom. The molecule has 0 radical (unpaired) electrons. The number of nitrogens with one attached hydrogen (secondary N) is 1. The number of hydrogen-bond donors (Lipinski definition) is 1. The van der Waals surface area contributed by atoms with Crippen LogP contribution in [0.5, 0.6) is 5.75 Å². The summed E-state index contributed by atoms with van der Waals surface area (Å²) < 4.78 is 5.02. The number of rotatable bonds is 3. The van der Waals surface area contributed by atoms with Crippen LogP contribution in [0.2, 0.25) is 5.02 Å². The number of ether oxygens (including phenoxy) is 1. The highest BCUT2D eigenvalue weighted by atomic mass is 35.5. The molecule has 0 spiro atoms. The van der Waals surface area contributed by atoms with Crippen LogP contribution in [0.1, 0.15) is 15.4 Å². The van der Waals surface area contributed by atoms with Gasteiger partial charge in [-0.25, -0.2) is 0 Å². The molecule has 0 aliphatic carbocycles. The van der Waals surface area contributed by atoms with E-state index >= 15 is 0 Å². The maximum Gasteiger partial charge on any atom is 0.257 e. The van der Waals surface area contributed by atoms with Crippen molar-refractivity contribution >= 4 is 34.0 Å². The van der Waals surface area contributed by atoms with E-state index in [4.69, 9.17) is 16.3 Å². The number of benzene rings is 1. The first-order valence-corrected chi connectivity index (χ1v) is 6.24. The van der Waals surface area contributed by atoms with E-state index in [2.05, 4.69) is 15.5 Å². The molecule has 2 aromatic rings. The van der Waals surface area contributed by atoms with Gasteiger partial charge >= 0.3 is 0 Å². The second-order valence-corrected chi connectivity index (χ2v) is 5.02. The van der Waals surface area contributed by atoms with E-state index in [9.17, 15) is 4.79 Å². The van der Waals surface area contributed by atoms with Crippen molar-refractivity contribution in [2.24, 2.45) is 0 Å². The van der Waals surface area contributed by atoms with Gasteiger partial charge in [0.2, 0.25) is 5.13 Å². The summed E-state index contributed by atoms with van der Waals surface area (Å²) in [5.41, 5.74) is 0.439. The van der Waals surface area contributed by atoms with Gasteiger partial charge in [0.25, 0.3) is 5.91 Å². The molecule has 2 rings (SSSR count). The van der Waals surface area contributed by atoms with Crippen LogP contribution in [-0.2, 0) is 0 Å². The number of carbonyl (C=O) groups excluding carboxylic acids is 1. The lowest BCUT2D eigenvalue weighted by molar-refractivity contribution is 0.102. The number of nitrogens with zero attached hydrogens (tertiary/aromatic N) is 2. The van der Waals surface area contributed by atoms with Gasteiger partial charge in [0.1, 0.15) is 10.8 Å². The van der Waals surface area contributed by atoms with Gasteiger partial charge in [-0.3, -0.25) is 10.1 Å². The molecular weight excluding hydrogens is 274 g/mol. The second kappa shape index (κ2) is 5.32. The van der Waals surface area contributed by atoms with E-state index in [1.54, 1.807) is 18.2 Å². The molecule has 1 N–H and O–H groups in total. The summed E-state index contributed by atoms with van der Waals surface area (Å²) >= 11 is 7.26. The van der Waals surface area contributed by atoms with Crippen LogP contribution in [0.15, 0.2) is 18.2 Å². The Bertz CT molecular complexity index is 585. The molecule has 0 bridgehead atoms. The van der Waals surface area contributed by atoms with E-state index in [1.807, 2.05) is 6.92 Å².